The SMILES string of the molecule is Cc1c(NC(=O)CC(=O)O)cc(Br)c(Oc2cccc(C(C)C)c2O)c1Br. The first kappa shape index (κ1) is 21.2. The molecule has 2 aromatic rings. The number of amides is 1. The summed E-state index contributed by atoms with van der Waals surface area (Å²) in [6.45, 7) is 5.71. The second-order valence-corrected chi connectivity index (χ2v) is 7.89. The first-order valence-corrected chi connectivity index (χ1v) is 9.70. The lowest BCUT2D eigenvalue weighted by Crippen LogP contribution is -2.16. The van der Waals surface area contributed by atoms with Crippen LogP contribution in [-0.2, 0) is 9.59 Å². The molecule has 0 heterocycles. The molecular weight excluding hydrogens is 482 g/mol. The highest BCUT2D eigenvalue weighted by atomic mass is 79.9. The van der Waals surface area contributed by atoms with Gasteiger partial charge in [0.1, 0.15) is 6.42 Å². The molecule has 0 radical (unpaired) electrons. The molecule has 0 aliphatic carbocycles. The van der Waals surface area contributed by atoms with Crippen molar-refractivity contribution in [1.29, 1.82) is 0 Å². The Kier molecular flexibility index (Phi) is 6.89. The zero-order valence-electron chi connectivity index (χ0n) is 15.0. The number of carbonyl (C=O) groups excluding carboxylic acids is 1. The van der Waals surface area contributed by atoms with E-state index in [1.807, 2.05) is 19.9 Å². The van der Waals surface area contributed by atoms with E-state index in [1.54, 1.807) is 25.1 Å². The van der Waals surface area contributed by atoms with Gasteiger partial charge in [-0.25, -0.2) is 0 Å². The van der Waals surface area contributed by atoms with Crippen molar-refractivity contribution in [1.82, 2.24) is 0 Å². The summed E-state index contributed by atoms with van der Waals surface area (Å²) in [6.07, 6.45) is -0.622. The molecule has 3 N–H and O–H groups in total. The molecule has 6 nitrogen and oxygen atoms in total. The molecule has 1 amide bonds. The molecule has 0 aromatic heterocycles. The Morgan fingerprint density at radius 1 is 1.26 bits per heavy atom. The number of hydrogen-bond donors (Lipinski definition) is 3. The second kappa shape index (κ2) is 8.75. The summed E-state index contributed by atoms with van der Waals surface area (Å²) < 4.78 is 7.01. The number of hydrogen-bond acceptors (Lipinski definition) is 4. The van der Waals surface area contributed by atoms with Crippen molar-refractivity contribution < 1.29 is 24.5 Å². The van der Waals surface area contributed by atoms with Crippen molar-refractivity contribution in [3.63, 3.8) is 0 Å². The topological polar surface area (TPSA) is 95.9 Å². The number of ether oxygens (including phenoxy) is 1. The number of carboxylic acid groups (broad SMARTS) is 1. The van der Waals surface area contributed by atoms with Gasteiger partial charge in [0.25, 0.3) is 0 Å². The lowest BCUT2D eigenvalue weighted by molar-refractivity contribution is -0.139. The van der Waals surface area contributed by atoms with E-state index < -0.39 is 18.3 Å². The average Bonchev–Trinajstić information content (AvgIpc) is 2.56. The Morgan fingerprint density at radius 3 is 2.52 bits per heavy atom. The van der Waals surface area contributed by atoms with Crippen molar-refractivity contribution in [3.8, 4) is 17.2 Å². The smallest absolute Gasteiger partial charge is 0.312 e. The highest BCUT2D eigenvalue weighted by molar-refractivity contribution is 9.11. The number of carboxylic acids is 1. The maximum Gasteiger partial charge on any atom is 0.312 e. The van der Waals surface area contributed by atoms with Gasteiger partial charge in [0.2, 0.25) is 5.91 Å². The van der Waals surface area contributed by atoms with Crippen LogP contribution in [0.5, 0.6) is 17.2 Å². The Labute approximate surface area is 173 Å². The molecule has 0 unspecified atom stereocenters. The largest absolute Gasteiger partial charge is 0.504 e. The number of phenolic OH excluding ortho intramolecular Hbond substituents is 1. The van der Waals surface area contributed by atoms with Crippen LogP contribution < -0.4 is 10.1 Å². The number of rotatable bonds is 6. The summed E-state index contributed by atoms with van der Waals surface area (Å²) in [5, 5.41) is 21.7. The van der Waals surface area contributed by atoms with Crippen molar-refractivity contribution in [2.45, 2.75) is 33.1 Å². The predicted molar refractivity (Wildman–Crippen MR) is 110 cm³/mol. The number of carbonyl (C=O) groups is 2. The Balaban J connectivity index is 2.37. The maximum absolute atomic E-state index is 11.7. The number of para-hydroxylation sites is 1. The molecule has 0 aliphatic heterocycles. The zero-order valence-corrected chi connectivity index (χ0v) is 18.1. The van der Waals surface area contributed by atoms with E-state index in [9.17, 15) is 14.7 Å². The van der Waals surface area contributed by atoms with E-state index in [4.69, 9.17) is 9.84 Å². The molecule has 2 rings (SSSR count). The number of phenols is 1. The van der Waals surface area contributed by atoms with Gasteiger partial charge in [-0.2, -0.15) is 0 Å². The molecule has 8 heteroatoms. The highest BCUT2D eigenvalue weighted by Gasteiger charge is 2.19. The third-order valence-electron chi connectivity index (χ3n) is 3.87. The maximum atomic E-state index is 11.7. The van der Waals surface area contributed by atoms with Gasteiger partial charge in [0.05, 0.1) is 8.95 Å². The van der Waals surface area contributed by atoms with E-state index >= 15 is 0 Å². The fraction of sp³-hybridized carbons (Fsp3) is 0.263. The average molecular weight is 501 g/mol. The first-order chi connectivity index (χ1) is 12.6. The third-order valence-corrected chi connectivity index (χ3v) is 5.41. The van der Waals surface area contributed by atoms with Crippen molar-refractivity contribution in [3.05, 3.63) is 44.3 Å². The van der Waals surface area contributed by atoms with Crippen LogP contribution in [0, 0.1) is 6.92 Å². The van der Waals surface area contributed by atoms with Crippen molar-refractivity contribution in [2.24, 2.45) is 0 Å². The quantitative estimate of drug-likeness (QED) is 0.451. The van der Waals surface area contributed by atoms with Crippen LogP contribution in [0.15, 0.2) is 33.2 Å². The van der Waals surface area contributed by atoms with Crippen LogP contribution >= 0.6 is 31.9 Å². The Bertz CT molecular complexity index is 896. The van der Waals surface area contributed by atoms with Crippen LogP contribution in [0.4, 0.5) is 5.69 Å². The Hall–Kier alpha value is -2.06. The first-order valence-electron chi connectivity index (χ1n) is 8.11. The van der Waals surface area contributed by atoms with Gasteiger partial charge in [-0.1, -0.05) is 26.0 Å². The lowest BCUT2D eigenvalue weighted by atomic mass is 10.0. The molecular formula is C19H19Br2NO5. The molecule has 0 saturated heterocycles. The minimum absolute atomic E-state index is 0.0720. The zero-order chi connectivity index (χ0) is 20.3. The van der Waals surface area contributed by atoms with Gasteiger partial charge in [-0.05, 0) is 62.4 Å². The minimum Gasteiger partial charge on any atom is -0.504 e. The molecule has 0 aliphatic rings. The summed E-state index contributed by atoms with van der Waals surface area (Å²) in [5.41, 5.74) is 1.88. The fourth-order valence-corrected chi connectivity index (χ4v) is 3.73. The van der Waals surface area contributed by atoms with E-state index in [-0.39, 0.29) is 11.7 Å². The van der Waals surface area contributed by atoms with Gasteiger partial charge in [0, 0.05) is 11.3 Å². The number of aromatic hydroxyl groups is 1. The number of halogens is 2. The van der Waals surface area contributed by atoms with Crippen LogP contribution in [0.3, 0.4) is 0 Å². The van der Waals surface area contributed by atoms with Gasteiger partial charge in [-0.15, -0.1) is 0 Å². The van der Waals surface area contributed by atoms with Crippen LogP contribution in [0.25, 0.3) is 0 Å². The Morgan fingerprint density at radius 2 is 1.93 bits per heavy atom. The standard InChI is InChI=1S/C19H19Br2NO5/c1-9(2)11-5-4-6-14(18(11)26)27-19-12(20)7-13(10(3)17(19)21)22-15(23)8-16(24)25/h4-7,9,26H,8H2,1-3H3,(H,22,23)(H,24,25). The van der Waals surface area contributed by atoms with Crippen LogP contribution in [0.2, 0.25) is 0 Å². The summed E-state index contributed by atoms with van der Waals surface area (Å²) in [6, 6.07) is 6.93. The highest BCUT2D eigenvalue weighted by Crippen LogP contribution is 2.45. The molecule has 0 spiro atoms. The molecule has 0 atom stereocenters. The van der Waals surface area contributed by atoms with E-state index in [1.165, 1.54) is 0 Å². The summed E-state index contributed by atoms with van der Waals surface area (Å²) in [4.78, 5) is 22.4. The summed E-state index contributed by atoms with van der Waals surface area (Å²) >= 11 is 6.85. The van der Waals surface area contributed by atoms with Gasteiger partial charge < -0.3 is 20.3 Å². The third kappa shape index (κ3) is 5.01. The van der Waals surface area contributed by atoms with Crippen LogP contribution in [0.1, 0.15) is 37.3 Å². The summed E-state index contributed by atoms with van der Waals surface area (Å²) in [5.74, 6) is -0.884. The van der Waals surface area contributed by atoms with Crippen molar-refractivity contribution >= 4 is 49.4 Å². The predicted octanol–water partition coefficient (Wildman–Crippen LogP) is 5.55. The summed E-state index contributed by atoms with van der Waals surface area (Å²) in [7, 11) is 0. The van der Waals surface area contributed by atoms with E-state index in [0.29, 0.717) is 31.7 Å². The van der Waals surface area contributed by atoms with Crippen molar-refractivity contribution in [2.75, 3.05) is 5.32 Å². The molecule has 27 heavy (non-hydrogen) atoms. The number of aliphatic carboxylic acids is 1. The molecule has 0 bridgehead atoms. The second-order valence-electron chi connectivity index (χ2n) is 6.24. The van der Waals surface area contributed by atoms with Gasteiger partial charge in [0.15, 0.2) is 17.2 Å². The van der Waals surface area contributed by atoms with Crippen LogP contribution in [-0.4, -0.2) is 22.1 Å². The van der Waals surface area contributed by atoms with E-state index in [0.717, 1.165) is 5.56 Å². The lowest BCUT2D eigenvalue weighted by Gasteiger charge is -2.18. The number of nitrogens with one attached hydrogen (secondary N) is 1. The number of benzene rings is 2. The number of anilines is 1. The fourth-order valence-electron chi connectivity index (χ4n) is 2.45. The minimum atomic E-state index is -1.20. The van der Waals surface area contributed by atoms with E-state index in [2.05, 4.69) is 37.2 Å². The van der Waals surface area contributed by atoms with Gasteiger partial charge in [-0.3, -0.25) is 9.59 Å². The monoisotopic (exact) mass is 499 g/mol. The normalized spacial score (nSPS) is 10.7. The van der Waals surface area contributed by atoms with Gasteiger partial charge >= 0.3 is 5.97 Å². The molecule has 0 fully saturated rings. The molecule has 0 saturated carbocycles. The molecule has 144 valence electrons. The molecule has 2 aromatic carbocycles.